The number of imidazole rings is 1. The molecule has 3 aromatic rings. The Hall–Kier alpha value is -3.54. The monoisotopic (exact) mass is 389 g/mol. The van der Waals surface area contributed by atoms with Crippen LogP contribution in [0, 0.1) is 0 Å². The number of ether oxygens (including phenoxy) is 2. The van der Waals surface area contributed by atoms with E-state index in [1.54, 1.807) is 6.08 Å². The average molecular weight is 389 g/mol. The summed E-state index contributed by atoms with van der Waals surface area (Å²) in [5, 5.41) is 3.27. The van der Waals surface area contributed by atoms with Crippen molar-refractivity contribution in [3.8, 4) is 5.75 Å². The molecular formula is C23H23N3O3. The highest BCUT2D eigenvalue weighted by Crippen LogP contribution is 2.39. The number of aromatic nitrogens is 2. The van der Waals surface area contributed by atoms with Crippen LogP contribution in [0.3, 0.4) is 0 Å². The minimum absolute atomic E-state index is 0.156. The Morgan fingerprint density at radius 1 is 1.24 bits per heavy atom. The molecule has 0 amide bonds. The molecular weight excluding hydrogens is 366 g/mol. The molecule has 0 saturated heterocycles. The Labute approximate surface area is 169 Å². The van der Waals surface area contributed by atoms with E-state index >= 15 is 0 Å². The Morgan fingerprint density at radius 2 is 2.00 bits per heavy atom. The third-order valence-corrected chi connectivity index (χ3v) is 4.89. The summed E-state index contributed by atoms with van der Waals surface area (Å²) in [5.41, 5.74) is 4.02. The van der Waals surface area contributed by atoms with Gasteiger partial charge in [0.15, 0.2) is 0 Å². The Morgan fingerprint density at radius 3 is 2.72 bits per heavy atom. The van der Waals surface area contributed by atoms with Crippen LogP contribution in [-0.2, 0) is 9.53 Å². The van der Waals surface area contributed by atoms with Gasteiger partial charge in [-0.15, -0.1) is 0 Å². The van der Waals surface area contributed by atoms with Gasteiger partial charge in [0.25, 0.3) is 0 Å². The van der Waals surface area contributed by atoms with Gasteiger partial charge in [0.05, 0.1) is 29.3 Å². The predicted octanol–water partition coefficient (Wildman–Crippen LogP) is 4.45. The maximum Gasteiger partial charge on any atom is 0.338 e. The first-order chi connectivity index (χ1) is 14.1. The Balaban J connectivity index is 1.88. The number of esters is 1. The molecule has 1 atom stereocenters. The van der Waals surface area contributed by atoms with Gasteiger partial charge in [-0.1, -0.05) is 36.9 Å². The lowest BCUT2D eigenvalue weighted by atomic mass is 9.95. The maximum atomic E-state index is 13.0. The molecule has 0 bridgehead atoms. The smallest absolute Gasteiger partial charge is 0.338 e. The summed E-state index contributed by atoms with van der Waals surface area (Å²) in [7, 11) is 0. The van der Waals surface area contributed by atoms with Crippen molar-refractivity contribution in [2.75, 3.05) is 18.5 Å². The predicted molar refractivity (Wildman–Crippen MR) is 113 cm³/mol. The number of para-hydroxylation sites is 2. The molecule has 1 aliphatic heterocycles. The highest BCUT2D eigenvalue weighted by atomic mass is 16.5. The molecule has 6 heteroatoms. The summed E-state index contributed by atoms with van der Waals surface area (Å²) in [6, 6.07) is 15.3. The van der Waals surface area contributed by atoms with Gasteiger partial charge in [-0.05, 0) is 43.7 Å². The SMILES string of the molecule is C=CCOC(=O)C1=C(C)Nc2nc3ccccc3n2C1c1ccc(OCC)cc1. The summed E-state index contributed by atoms with van der Waals surface area (Å²) in [6.07, 6.45) is 1.56. The van der Waals surface area contributed by atoms with Gasteiger partial charge in [-0.2, -0.15) is 0 Å². The average Bonchev–Trinajstić information content (AvgIpc) is 3.09. The van der Waals surface area contributed by atoms with Crippen molar-refractivity contribution >= 4 is 23.0 Å². The first kappa shape index (κ1) is 18.8. The minimum Gasteiger partial charge on any atom is -0.494 e. The number of rotatable bonds is 6. The standard InChI is InChI=1S/C23H23N3O3/c1-4-14-29-22(27)20-15(3)24-23-25-18-8-6-7-9-19(18)26(23)21(20)16-10-12-17(13-11-16)28-5-2/h4,6-13,21H,1,5,14H2,2-3H3,(H,24,25). The number of fused-ring (bicyclic) bond motifs is 3. The van der Waals surface area contributed by atoms with Gasteiger partial charge < -0.3 is 14.8 Å². The zero-order valence-electron chi connectivity index (χ0n) is 16.5. The van der Waals surface area contributed by atoms with Gasteiger partial charge in [0, 0.05) is 5.70 Å². The van der Waals surface area contributed by atoms with Gasteiger partial charge in [-0.3, -0.25) is 4.57 Å². The number of carbonyl (C=O) groups is 1. The number of hydrogen-bond acceptors (Lipinski definition) is 5. The zero-order chi connectivity index (χ0) is 20.4. The molecule has 2 heterocycles. The molecule has 1 N–H and O–H groups in total. The minimum atomic E-state index is -0.378. The molecule has 0 spiro atoms. The van der Waals surface area contributed by atoms with Crippen LogP contribution in [0.15, 0.2) is 72.5 Å². The van der Waals surface area contributed by atoms with Crippen molar-refractivity contribution in [2.24, 2.45) is 0 Å². The van der Waals surface area contributed by atoms with E-state index in [2.05, 4.69) is 11.9 Å². The molecule has 29 heavy (non-hydrogen) atoms. The third kappa shape index (κ3) is 3.38. The van der Waals surface area contributed by atoms with Crippen molar-refractivity contribution in [1.82, 2.24) is 9.55 Å². The third-order valence-electron chi connectivity index (χ3n) is 4.89. The Kier molecular flexibility index (Phi) is 5.08. The van der Waals surface area contributed by atoms with Crippen LogP contribution in [0.4, 0.5) is 5.95 Å². The second-order valence-electron chi connectivity index (χ2n) is 6.75. The molecule has 6 nitrogen and oxygen atoms in total. The number of allylic oxidation sites excluding steroid dienone is 1. The molecule has 148 valence electrons. The van der Waals surface area contributed by atoms with E-state index in [1.807, 2.05) is 66.9 Å². The van der Waals surface area contributed by atoms with E-state index < -0.39 is 0 Å². The lowest BCUT2D eigenvalue weighted by molar-refractivity contribution is -0.138. The first-order valence-corrected chi connectivity index (χ1v) is 9.59. The number of anilines is 1. The van der Waals surface area contributed by atoms with Crippen molar-refractivity contribution in [3.05, 3.63) is 78.0 Å². The quantitative estimate of drug-likeness (QED) is 0.498. The molecule has 1 aromatic heterocycles. The molecule has 1 unspecified atom stereocenters. The summed E-state index contributed by atoms with van der Waals surface area (Å²) in [6.45, 7) is 8.20. The second-order valence-corrected chi connectivity index (χ2v) is 6.75. The maximum absolute atomic E-state index is 13.0. The topological polar surface area (TPSA) is 65.4 Å². The first-order valence-electron chi connectivity index (χ1n) is 9.59. The highest BCUT2D eigenvalue weighted by Gasteiger charge is 2.34. The number of carbonyl (C=O) groups excluding carboxylic acids is 1. The zero-order valence-corrected chi connectivity index (χ0v) is 16.5. The molecule has 2 aromatic carbocycles. The normalized spacial score (nSPS) is 15.6. The lowest BCUT2D eigenvalue weighted by Gasteiger charge is -2.30. The van der Waals surface area contributed by atoms with Crippen LogP contribution in [-0.4, -0.2) is 28.7 Å². The molecule has 0 aliphatic carbocycles. The van der Waals surface area contributed by atoms with Gasteiger partial charge in [0.1, 0.15) is 12.4 Å². The summed E-state index contributed by atoms with van der Waals surface area (Å²) in [5.74, 6) is 1.11. The van der Waals surface area contributed by atoms with Crippen LogP contribution in [0.5, 0.6) is 5.75 Å². The van der Waals surface area contributed by atoms with Crippen LogP contribution >= 0.6 is 0 Å². The van der Waals surface area contributed by atoms with Crippen LogP contribution in [0.2, 0.25) is 0 Å². The fourth-order valence-corrected chi connectivity index (χ4v) is 3.67. The lowest BCUT2D eigenvalue weighted by Crippen LogP contribution is -2.29. The fraction of sp³-hybridized carbons (Fsp3) is 0.217. The molecule has 1 aliphatic rings. The van der Waals surface area contributed by atoms with E-state index in [0.717, 1.165) is 28.0 Å². The van der Waals surface area contributed by atoms with Crippen LogP contribution in [0.25, 0.3) is 11.0 Å². The number of nitrogens with zero attached hydrogens (tertiary/aromatic N) is 2. The van der Waals surface area contributed by atoms with Crippen LogP contribution in [0.1, 0.15) is 25.5 Å². The van der Waals surface area contributed by atoms with Gasteiger partial charge in [-0.25, -0.2) is 9.78 Å². The fourth-order valence-electron chi connectivity index (χ4n) is 3.67. The molecule has 0 saturated carbocycles. The molecule has 0 fully saturated rings. The number of benzene rings is 2. The second kappa shape index (κ2) is 7.83. The van der Waals surface area contributed by atoms with E-state index in [0.29, 0.717) is 18.1 Å². The Bertz CT molecular complexity index is 1100. The number of hydrogen-bond donors (Lipinski definition) is 1. The van der Waals surface area contributed by atoms with Crippen LogP contribution < -0.4 is 10.1 Å². The van der Waals surface area contributed by atoms with Gasteiger partial charge >= 0.3 is 5.97 Å². The summed E-state index contributed by atoms with van der Waals surface area (Å²) >= 11 is 0. The van der Waals surface area contributed by atoms with E-state index in [9.17, 15) is 4.79 Å². The van der Waals surface area contributed by atoms with Crippen molar-refractivity contribution in [3.63, 3.8) is 0 Å². The molecule has 4 rings (SSSR count). The van der Waals surface area contributed by atoms with Crippen molar-refractivity contribution < 1.29 is 14.3 Å². The van der Waals surface area contributed by atoms with E-state index in [-0.39, 0.29) is 18.6 Å². The van der Waals surface area contributed by atoms with E-state index in [4.69, 9.17) is 14.5 Å². The molecule has 0 radical (unpaired) electrons. The summed E-state index contributed by atoms with van der Waals surface area (Å²) in [4.78, 5) is 17.7. The van der Waals surface area contributed by atoms with Crippen molar-refractivity contribution in [1.29, 1.82) is 0 Å². The van der Waals surface area contributed by atoms with E-state index in [1.165, 1.54) is 0 Å². The van der Waals surface area contributed by atoms with Crippen molar-refractivity contribution in [2.45, 2.75) is 19.9 Å². The van der Waals surface area contributed by atoms with Gasteiger partial charge in [0.2, 0.25) is 5.95 Å². The summed E-state index contributed by atoms with van der Waals surface area (Å²) < 4.78 is 13.0. The largest absolute Gasteiger partial charge is 0.494 e. The number of nitrogens with one attached hydrogen (secondary N) is 1. The highest BCUT2D eigenvalue weighted by molar-refractivity contribution is 5.94.